The van der Waals surface area contributed by atoms with Crippen molar-refractivity contribution >= 4 is 11.1 Å². The van der Waals surface area contributed by atoms with Crippen molar-refractivity contribution in [3.05, 3.63) is 83.4 Å². The van der Waals surface area contributed by atoms with Crippen LogP contribution in [0, 0.1) is 5.92 Å². The average molecular weight is 512 g/mol. The van der Waals surface area contributed by atoms with E-state index in [9.17, 15) is 23.4 Å². The molecule has 3 aromatic carbocycles. The first-order chi connectivity index (χ1) is 17.7. The van der Waals surface area contributed by atoms with Crippen LogP contribution >= 0.6 is 0 Å². The largest absolute Gasteiger partial charge is 0.508 e. The van der Waals surface area contributed by atoms with Gasteiger partial charge in [0, 0.05) is 37.2 Å². The minimum atomic E-state index is -4.10. The van der Waals surface area contributed by atoms with Crippen LogP contribution in [0.15, 0.2) is 66.7 Å². The minimum absolute atomic E-state index is 0.144. The van der Waals surface area contributed by atoms with Crippen LogP contribution in [0.3, 0.4) is 0 Å². The molecule has 5 nitrogen and oxygen atoms in total. The molecule has 0 bridgehead atoms. The van der Waals surface area contributed by atoms with Crippen LogP contribution in [0.25, 0.3) is 11.1 Å². The second kappa shape index (κ2) is 10.0. The van der Waals surface area contributed by atoms with Gasteiger partial charge in [0.25, 0.3) is 0 Å². The van der Waals surface area contributed by atoms with Crippen molar-refractivity contribution in [1.29, 1.82) is 0 Å². The Balaban J connectivity index is 1.29. The van der Waals surface area contributed by atoms with Crippen molar-refractivity contribution < 1.29 is 32.9 Å². The Labute approximate surface area is 213 Å². The molecule has 0 aliphatic carbocycles. The number of phenolic OH excluding ortho intramolecular Hbond substituents is 2. The normalized spacial score (nSPS) is 18.2. The first-order valence-electron chi connectivity index (χ1n) is 12.2. The van der Waals surface area contributed by atoms with Crippen molar-refractivity contribution in [3.8, 4) is 23.0 Å². The van der Waals surface area contributed by atoms with Crippen LogP contribution in [0.2, 0.25) is 0 Å². The summed E-state index contributed by atoms with van der Waals surface area (Å²) >= 11 is 0. The van der Waals surface area contributed by atoms with Crippen LogP contribution in [-0.4, -0.2) is 47.5 Å². The highest BCUT2D eigenvalue weighted by atomic mass is 19.4. The van der Waals surface area contributed by atoms with Gasteiger partial charge in [-0.1, -0.05) is 24.3 Å². The number of phenols is 2. The van der Waals surface area contributed by atoms with E-state index in [1.54, 1.807) is 36.4 Å². The zero-order valence-corrected chi connectivity index (χ0v) is 20.3. The first kappa shape index (κ1) is 25.0. The third kappa shape index (κ3) is 5.69. The van der Waals surface area contributed by atoms with E-state index in [-0.39, 0.29) is 17.4 Å². The van der Waals surface area contributed by atoms with Crippen LogP contribution in [0.5, 0.6) is 23.0 Å². The fraction of sp³-hybridized carbons (Fsp3) is 0.310. The highest BCUT2D eigenvalue weighted by molar-refractivity contribution is 5.95. The molecule has 0 spiro atoms. The van der Waals surface area contributed by atoms with E-state index >= 15 is 0 Å². The lowest BCUT2D eigenvalue weighted by atomic mass is 9.86. The lowest BCUT2D eigenvalue weighted by Crippen LogP contribution is -2.49. The predicted octanol–water partition coefficient (Wildman–Crippen LogP) is 6.43. The summed E-state index contributed by atoms with van der Waals surface area (Å²) in [4.78, 5) is 1.96. The van der Waals surface area contributed by atoms with Gasteiger partial charge in [-0.05, 0) is 72.0 Å². The van der Waals surface area contributed by atoms with Gasteiger partial charge >= 0.3 is 6.18 Å². The number of hydrogen-bond donors (Lipinski definition) is 2. The topological polar surface area (TPSA) is 62.2 Å². The van der Waals surface area contributed by atoms with Gasteiger partial charge in [-0.2, -0.15) is 13.2 Å². The number of benzene rings is 3. The molecule has 194 valence electrons. The Morgan fingerprint density at radius 3 is 2.41 bits per heavy atom. The van der Waals surface area contributed by atoms with Gasteiger partial charge in [-0.25, -0.2) is 0 Å². The molecule has 3 aromatic rings. The first-order valence-corrected chi connectivity index (χ1v) is 12.2. The number of ether oxygens (including phenoxy) is 2. The van der Waals surface area contributed by atoms with Gasteiger partial charge in [0.1, 0.15) is 35.7 Å². The van der Waals surface area contributed by atoms with Gasteiger partial charge in [0.05, 0.1) is 0 Å². The summed E-state index contributed by atoms with van der Waals surface area (Å²) in [7, 11) is 0. The van der Waals surface area contributed by atoms with Gasteiger partial charge in [0.2, 0.25) is 0 Å². The molecule has 0 radical (unpaired) electrons. The van der Waals surface area contributed by atoms with Gasteiger partial charge in [0.15, 0.2) is 0 Å². The molecule has 2 N–H and O–H groups in total. The molecule has 1 unspecified atom stereocenters. The minimum Gasteiger partial charge on any atom is -0.508 e. The molecular weight excluding hydrogens is 483 g/mol. The number of halogens is 3. The predicted molar refractivity (Wildman–Crippen MR) is 135 cm³/mol. The van der Waals surface area contributed by atoms with E-state index in [1.807, 2.05) is 42.2 Å². The number of allylic oxidation sites excluding steroid dienone is 1. The maximum atomic E-state index is 12.5. The van der Waals surface area contributed by atoms with Crippen LogP contribution in [0.1, 0.15) is 36.1 Å². The molecule has 0 amide bonds. The second-order valence-electron chi connectivity index (χ2n) is 9.63. The standard InChI is InChI=1S/C29H28F3NO4/c1-18-25-14-23(35)7-10-26(25)37-28(27(18)21-3-2-4-22(34)13-21)20-5-8-24(9-6-20)36-12-11-33-16-19(17-33)15-29(30,31)32/h2-10,13-14,19,28,34-35H,11-12,15-17H2,1H3. The van der Waals surface area contributed by atoms with Crippen LogP contribution in [0.4, 0.5) is 13.2 Å². The van der Waals surface area contributed by atoms with Crippen LogP contribution in [-0.2, 0) is 0 Å². The number of nitrogens with zero attached hydrogens (tertiary/aromatic N) is 1. The molecule has 8 heteroatoms. The maximum Gasteiger partial charge on any atom is 0.389 e. The summed E-state index contributed by atoms with van der Waals surface area (Å²) in [6.45, 7) is 3.84. The zero-order chi connectivity index (χ0) is 26.2. The van der Waals surface area contributed by atoms with E-state index in [1.165, 1.54) is 0 Å². The van der Waals surface area contributed by atoms with Crippen molar-refractivity contribution in [3.63, 3.8) is 0 Å². The van der Waals surface area contributed by atoms with Gasteiger partial charge in [-0.3, -0.25) is 4.90 Å². The van der Waals surface area contributed by atoms with Crippen LogP contribution < -0.4 is 9.47 Å². The van der Waals surface area contributed by atoms with Crippen molar-refractivity contribution in [2.24, 2.45) is 5.92 Å². The number of aromatic hydroxyl groups is 2. The van der Waals surface area contributed by atoms with E-state index < -0.39 is 18.7 Å². The molecule has 2 aliphatic rings. The SMILES string of the molecule is CC1=C(c2cccc(O)c2)C(c2ccc(OCCN3CC(CC(F)(F)F)C3)cc2)Oc2ccc(O)cc21. The molecular formula is C29H28F3NO4. The molecule has 1 atom stereocenters. The van der Waals surface area contributed by atoms with E-state index in [0.29, 0.717) is 37.7 Å². The lowest BCUT2D eigenvalue weighted by molar-refractivity contribution is -0.155. The zero-order valence-electron chi connectivity index (χ0n) is 20.3. The summed E-state index contributed by atoms with van der Waals surface area (Å²) in [5, 5.41) is 20.1. The molecule has 37 heavy (non-hydrogen) atoms. The second-order valence-corrected chi connectivity index (χ2v) is 9.63. The van der Waals surface area contributed by atoms with Gasteiger partial charge < -0.3 is 19.7 Å². The third-order valence-corrected chi connectivity index (χ3v) is 6.85. The summed E-state index contributed by atoms with van der Waals surface area (Å²) < 4.78 is 49.6. The fourth-order valence-electron chi connectivity index (χ4n) is 5.06. The lowest BCUT2D eigenvalue weighted by Gasteiger charge is -2.39. The molecule has 1 fully saturated rings. The Morgan fingerprint density at radius 1 is 0.973 bits per heavy atom. The number of likely N-dealkylation sites (tertiary alicyclic amines) is 1. The molecule has 0 saturated carbocycles. The quantitative estimate of drug-likeness (QED) is 0.383. The molecule has 2 aliphatic heterocycles. The van der Waals surface area contributed by atoms with Crippen molar-refractivity contribution in [2.45, 2.75) is 25.6 Å². The molecule has 5 rings (SSSR count). The molecule has 1 saturated heterocycles. The monoisotopic (exact) mass is 511 g/mol. The smallest absolute Gasteiger partial charge is 0.389 e. The summed E-state index contributed by atoms with van der Waals surface area (Å²) in [6, 6.07) is 19.5. The fourth-order valence-corrected chi connectivity index (χ4v) is 5.06. The highest BCUT2D eigenvalue weighted by Crippen LogP contribution is 2.47. The average Bonchev–Trinajstić information content (AvgIpc) is 2.82. The summed E-state index contributed by atoms with van der Waals surface area (Å²) in [5.74, 6) is 1.29. The third-order valence-electron chi connectivity index (χ3n) is 6.85. The Morgan fingerprint density at radius 2 is 1.70 bits per heavy atom. The van der Waals surface area contributed by atoms with E-state index in [0.717, 1.165) is 27.8 Å². The number of fused-ring (bicyclic) bond motifs is 1. The summed E-state index contributed by atoms with van der Waals surface area (Å²) in [5.41, 5.74) is 4.31. The maximum absolute atomic E-state index is 12.5. The van der Waals surface area contributed by atoms with E-state index in [4.69, 9.17) is 9.47 Å². The number of alkyl halides is 3. The van der Waals surface area contributed by atoms with Crippen molar-refractivity contribution in [2.75, 3.05) is 26.2 Å². The highest BCUT2D eigenvalue weighted by Gasteiger charge is 2.37. The Kier molecular flexibility index (Phi) is 6.77. The number of rotatable bonds is 7. The Hall–Kier alpha value is -3.65. The Bertz CT molecular complexity index is 1300. The number of hydrogen-bond acceptors (Lipinski definition) is 5. The molecule has 2 heterocycles. The van der Waals surface area contributed by atoms with Crippen molar-refractivity contribution in [1.82, 2.24) is 4.90 Å². The molecule has 0 aromatic heterocycles. The van der Waals surface area contributed by atoms with E-state index in [2.05, 4.69) is 0 Å². The van der Waals surface area contributed by atoms with Gasteiger partial charge in [-0.15, -0.1) is 0 Å². The summed E-state index contributed by atoms with van der Waals surface area (Å²) in [6.07, 6.45) is -5.27.